The Labute approximate surface area is 98.6 Å². The number of amides is 2. The molecule has 4 heteroatoms. The molecule has 0 radical (unpaired) electrons. The fraction of sp³-hybridized carbons (Fsp3) is 0.917. The molecule has 0 saturated carbocycles. The molecule has 1 atom stereocenters. The minimum Gasteiger partial charge on any atom is -0.335 e. The van der Waals surface area contributed by atoms with Crippen LogP contribution in [0.15, 0.2) is 0 Å². The first-order valence-electron chi connectivity index (χ1n) is 6.18. The summed E-state index contributed by atoms with van der Waals surface area (Å²) in [7, 11) is 0. The van der Waals surface area contributed by atoms with Gasteiger partial charge in [0.2, 0.25) is 0 Å². The number of hydrogen-bond donors (Lipinski definition) is 3. The van der Waals surface area contributed by atoms with Crippen LogP contribution in [-0.4, -0.2) is 30.7 Å². The van der Waals surface area contributed by atoms with Crippen molar-refractivity contribution in [3.05, 3.63) is 0 Å². The van der Waals surface area contributed by atoms with Crippen LogP contribution in [0.1, 0.15) is 40.5 Å². The summed E-state index contributed by atoms with van der Waals surface area (Å²) in [5.74, 6) is 0.604. The Morgan fingerprint density at radius 1 is 1.31 bits per heavy atom. The number of rotatable bonds is 2. The Bertz CT molecular complexity index is 229. The molecule has 1 saturated heterocycles. The molecule has 2 amide bonds. The third kappa shape index (κ3) is 4.84. The number of urea groups is 1. The molecule has 0 spiro atoms. The fourth-order valence-electron chi connectivity index (χ4n) is 2.05. The van der Waals surface area contributed by atoms with Gasteiger partial charge in [0, 0.05) is 11.6 Å². The summed E-state index contributed by atoms with van der Waals surface area (Å²) in [6, 6.07) is 0.197. The standard InChI is InChI=1S/C12H25N3O/c1-9(10-5-7-13-8-6-10)14-11(16)15-12(2,3)4/h9-10,13H,5-8H2,1-4H3,(H2,14,15,16). The molecule has 94 valence electrons. The molecule has 0 aromatic carbocycles. The number of carbonyl (C=O) groups excluding carboxylic acids is 1. The van der Waals surface area contributed by atoms with Gasteiger partial charge in [0.05, 0.1) is 0 Å². The second-order valence-electron chi connectivity index (χ2n) is 5.72. The molecular formula is C12H25N3O. The van der Waals surface area contributed by atoms with Crippen molar-refractivity contribution >= 4 is 6.03 Å². The van der Waals surface area contributed by atoms with E-state index in [2.05, 4.69) is 22.9 Å². The quantitative estimate of drug-likeness (QED) is 0.669. The lowest BCUT2D eigenvalue weighted by molar-refractivity contribution is 0.218. The lowest BCUT2D eigenvalue weighted by Crippen LogP contribution is -2.51. The minimum atomic E-state index is -0.169. The molecule has 0 aromatic rings. The Kier molecular flexibility index (Phi) is 4.59. The van der Waals surface area contributed by atoms with E-state index in [-0.39, 0.29) is 17.6 Å². The maximum Gasteiger partial charge on any atom is 0.315 e. The van der Waals surface area contributed by atoms with E-state index in [9.17, 15) is 4.79 Å². The van der Waals surface area contributed by atoms with Crippen LogP contribution in [0.4, 0.5) is 4.79 Å². The van der Waals surface area contributed by atoms with Crippen molar-refractivity contribution in [3.8, 4) is 0 Å². The lowest BCUT2D eigenvalue weighted by Gasteiger charge is -2.30. The highest BCUT2D eigenvalue weighted by molar-refractivity contribution is 5.74. The summed E-state index contributed by atoms with van der Waals surface area (Å²) in [5, 5.41) is 9.28. The van der Waals surface area contributed by atoms with Crippen molar-refractivity contribution in [2.75, 3.05) is 13.1 Å². The van der Waals surface area contributed by atoms with Crippen molar-refractivity contribution < 1.29 is 4.79 Å². The third-order valence-electron chi connectivity index (χ3n) is 2.94. The summed E-state index contributed by atoms with van der Waals surface area (Å²) >= 11 is 0. The highest BCUT2D eigenvalue weighted by Gasteiger charge is 2.22. The largest absolute Gasteiger partial charge is 0.335 e. The molecule has 1 heterocycles. The molecule has 0 bridgehead atoms. The number of nitrogens with one attached hydrogen (secondary N) is 3. The maximum atomic E-state index is 11.7. The molecule has 16 heavy (non-hydrogen) atoms. The van der Waals surface area contributed by atoms with E-state index >= 15 is 0 Å². The van der Waals surface area contributed by atoms with Crippen LogP contribution >= 0.6 is 0 Å². The fourth-order valence-corrected chi connectivity index (χ4v) is 2.05. The Balaban J connectivity index is 2.32. The lowest BCUT2D eigenvalue weighted by atomic mass is 9.91. The molecule has 1 fully saturated rings. The normalized spacial score (nSPS) is 20.2. The number of piperidine rings is 1. The van der Waals surface area contributed by atoms with E-state index in [4.69, 9.17) is 0 Å². The monoisotopic (exact) mass is 227 g/mol. The van der Waals surface area contributed by atoms with E-state index in [0.717, 1.165) is 25.9 Å². The second-order valence-corrected chi connectivity index (χ2v) is 5.72. The molecule has 0 aromatic heterocycles. The van der Waals surface area contributed by atoms with Gasteiger partial charge < -0.3 is 16.0 Å². The number of hydrogen-bond acceptors (Lipinski definition) is 2. The average Bonchev–Trinajstić information content (AvgIpc) is 2.16. The van der Waals surface area contributed by atoms with Crippen LogP contribution in [0, 0.1) is 5.92 Å². The van der Waals surface area contributed by atoms with Crippen molar-refractivity contribution in [1.29, 1.82) is 0 Å². The first-order valence-corrected chi connectivity index (χ1v) is 6.18. The zero-order valence-corrected chi connectivity index (χ0v) is 10.9. The summed E-state index contributed by atoms with van der Waals surface area (Å²) < 4.78 is 0. The van der Waals surface area contributed by atoms with E-state index < -0.39 is 0 Å². The van der Waals surface area contributed by atoms with E-state index in [0.29, 0.717) is 5.92 Å². The van der Waals surface area contributed by atoms with Crippen LogP contribution in [0.2, 0.25) is 0 Å². The predicted molar refractivity (Wildman–Crippen MR) is 66.5 cm³/mol. The van der Waals surface area contributed by atoms with Crippen LogP contribution in [0.25, 0.3) is 0 Å². The van der Waals surface area contributed by atoms with Crippen molar-refractivity contribution in [2.45, 2.75) is 52.1 Å². The molecule has 1 aliphatic rings. The summed E-state index contributed by atoms with van der Waals surface area (Å²) in [6.07, 6.45) is 2.30. The van der Waals surface area contributed by atoms with E-state index in [1.807, 2.05) is 20.8 Å². The second kappa shape index (κ2) is 5.53. The van der Waals surface area contributed by atoms with Crippen LogP contribution in [-0.2, 0) is 0 Å². The van der Waals surface area contributed by atoms with Crippen molar-refractivity contribution in [3.63, 3.8) is 0 Å². The van der Waals surface area contributed by atoms with Crippen LogP contribution < -0.4 is 16.0 Å². The van der Waals surface area contributed by atoms with Gasteiger partial charge in [-0.05, 0) is 59.5 Å². The van der Waals surface area contributed by atoms with Gasteiger partial charge in [-0.2, -0.15) is 0 Å². The number of carbonyl (C=O) groups is 1. The summed E-state index contributed by atoms with van der Waals surface area (Å²) in [4.78, 5) is 11.7. The van der Waals surface area contributed by atoms with Crippen LogP contribution in [0.3, 0.4) is 0 Å². The minimum absolute atomic E-state index is 0.0569. The highest BCUT2D eigenvalue weighted by atomic mass is 16.2. The summed E-state index contributed by atoms with van der Waals surface area (Å²) in [6.45, 7) is 10.2. The zero-order chi connectivity index (χ0) is 12.2. The van der Waals surface area contributed by atoms with Gasteiger partial charge in [-0.3, -0.25) is 0 Å². The molecule has 3 N–H and O–H groups in total. The maximum absolute atomic E-state index is 11.7. The van der Waals surface area contributed by atoms with Gasteiger partial charge in [-0.15, -0.1) is 0 Å². The van der Waals surface area contributed by atoms with Crippen LogP contribution in [0.5, 0.6) is 0 Å². The Hall–Kier alpha value is -0.770. The first-order chi connectivity index (χ1) is 7.38. The molecule has 1 aliphatic heterocycles. The Morgan fingerprint density at radius 3 is 2.38 bits per heavy atom. The van der Waals surface area contributed by atoms with Gasteiger partial charge in [-0.25, -0.2) is 4.79 Å². The van der Waals surface area contributed by atoms with Gasteiger partial charge in [0.1, 0.15) is 0 Å². The third-order valence-corrected chi connectivity index (χ3v) is 2.94. The van der Waals surface area contributed by atoms with Gasteiger partial charge in [-0.1, -0.05) is 0 Å². The SMILES string of the molecule is CC(NC(=O)NC(C)(C)C)C1CCNCC1. The molecule has 1 unspecified atom stereocenters. The predicted octanol–water partition coefficient (Wildman–Crippen LogP) is 1.47. The van der Waals surface area contributed by atoms with Gasteiger partial charge in [0.25, 0.3) is 0 Å². The van der Waals surface area contributed by atoms with Crippen molar-refractivity contribution in [2.24, 2.45) is 5.92 Å². The molecule has 4 nitrogen and oxygen atoms in total. The average molecular weight is 227 g/mol. The van der Waals surface area contributed by atoms with Crippen molar-refractivity contribution in [1.82, 2.24) is 16.0 Å². The van der Waals surface area contributed by atoms with E-state index in [1.54, 1.807) is 0 Å². The highest BCUT2D eigenvalue weighted by Crippen LogP contribution is 2.15. The van der Waals surface area contributed by atoms with Gasteiger partial charge in [0.15, 0.2) is 0 Å². The molecule has 0 aliphatic carbocycles. The van der Waals surface area contributed by atoms with E-state index in [1.165, 1.54) is 0 Å². The molecular weight excluding hydrogens is 202 g/mol. The first kappa shape index (κ1) is 13.3. The Morgan fingerprint density at radius 2 is 1.88 bits per heavy atom. The zero-order valence-electron chi connectivity index (χ0n) is 10.9. The molecule has 1 rings (SSSR count). The topological polar surface area (TPSA) is 53.2 Å². The smallest absolute Gasteiger partial charge is 0.315 e. The van der Waals surface area contributed by atoms with Gasteiger partial charge >= 0.3 is 6.03 Å². The summed E-state index contributed by atoms with van der Waals surface area (Å²) in [5.41, 5.74) is -0.169.